The molecule has 1 aliphatic rings. The van der Waals surface area contributed by atoms with Gasteiger partial charge in [0, 0.05) is 26.2 Å². The minimum Gasteiger partial charge on any atom is -0.482 e. The Morgan fingerprint density at radius 2 is 1.66 bits per heavy atom. The highest BCUT2D eigenvalue weighted by molar-refractivity contribution is 5.41. The number of nitrogen functional groups attached to an aromatic ring is 1. The van der Waals surface area contributed by atoms with Crippen LogP contribution < -0.4 is 15.4 Å². The number of nitrogens with zero attached hydrogens (tertiary/aromatic N) is 5. The lowest BCUT2D eigenvalue weighted by Gasteiger charge is -2.32. The molecule has 13 heteroatoms. The zero-order chi connectivity index (χ0) is 23.7. The first-order valence-corrected chi connectivity index (χ1v) is 9.78. The van der Waals surface area contributed by atoms with Crippen LogP contribution in [-0.4, -0.2) is 53.1 Å². The molecule has 0 saturated carbocycles. The minimum atomic E-state index is -4.92. The second-order valence-electron chi connectivity index (χ2n) is 7.36. The number of halogens is 6. The molecule has 1 aromatic carbocycles. The number of anilines is 2. The van der Waals surface area contributed by atoms with Crippen LogP contribution in [0.15, 0.2) is 18.2 Å². The molecule has 2 N–H and O–H groups in total. The maximum atomic E-state index is 13.4. The largest absolute Gasteiger partial charge is 0.482 e. The van der Waals surface area contributed by atoms with Crippen molar-refractivity contribution in [2.24, 2.45) is 0 Å². The number of ether oxygens (including phenoxy) is 1. The van der Waals surface area contributed by atoms with Crippen LogP contribution in [0.3, 0.4) is 0 Å². The van der Waals surface area contributed by atoms with E-state index in [1.807, 2.05) is 11.9 Å². The zero-order valence-corrected chi connectivity index (χ0v) is 17.3. The Morgan fingerprint density at radius 3 is 2.22 bits per heavy atom. The van der Waals surface area contributed by atoms with Gasteiger partial charge in [-0.15, -0.1) is 0 Å². The van der Waals surface area contributed by atoms with E-state index in [9.17, 15) is 26.3 Å². The fraction of sp³-hybridized carbons (Fsp3) is 0.526. The van der Waals surface area contributed by atoms with Crippen molar-refractivity contribution in [3.63, 3.8) is 0 Å². The van der Waals surface area contributed by atoms with E-state index >= 15 is 0 Å². The van der Waals surface area contributed by atoms with Crippen LogP contribution in [0.5, 0.6) is 5.75 Å². The lowest BCUT2D eigenvalue weighted by atomic mass is 10.1. The maximum Gasteiger partial charge on any atom is 0.419 e. The minimum absolute atomic E-state index is 0.0561. The van der Waals surface area contributed by atoms with Gasteiger partial charge in [-0.3, -0.25) is 0 Å². The first-order valence-electron chi connectivity index (χ1n) is 9.78. The van der Waals surface area contributed by atoms with E-state index in [-0.39, 0.29) is 24.1 Å². The number of aromatic nitrogens is 3. The Morgan fingerprint density at radius 1 is 1.00 bits per heavy atom. The smallest absolute Gasteiger partial charge is 0.419 e. The van der Waals surface area contributed by atoms with E-state index in [1.54, 1.807) is 6.92 Å². The number of rotatable bonds is 5. The Labute approximate surface area is 180 Å². The second kappa shape index (κ2) is 8.96. The lowest BCUT2D eigenvalue weighted by Crippen LogP contribution is -2.45. The van der Waals surface area contributed by atoms with E-state index in [1.165, 1.54) is 0 Å². The monoisotopic (exact) mass is 464 g/mol. The van der Waals surface area contributed by atoms with Gasteiger partial charge in [-0.05, 0) is 31.7 Å². The van der Waals surface area contributed by atoms with Gasteiger partial charge in [-0.1, -0.05) is 6.92 Å². The van der Waals surface area contributed by atoms with Crippen LogP contribution in [0.1, 0.15) is 36.4 Å². The summed E-state index contributed by atoms with van der Waals surface area (Å²) in [5, 5.41) is 0. The predicted octanol–water partition coefficient (Wildman–Crippen LogP) is 3.77. The van der Waals surface area contributed by atoms with Crippen molar-refractivity contribution < 1.29 is 31.1 Å². The quantitative estimate of drug-likeness (QED) is 0.675. The molecular formula is C19H22F6N6O. The molecule has 0 bridgehead atoms. The third-order valence-corrected chi connectivity index (χ3v) is 4.99. The number of piperazine rings is 1. The van der Waals surface area contributed by atoms with Gasteiger partial charge >= 0.3 is 12.4 Å². The van der Waals surface area contributed by atoms with Crippen molar-refractivity contribution in [1.82, 2.24) is 19.9 Å². The van der Waals surface area contributed by atoms with Crippen molar-refractivity contribution in [2.45, 2.75) is 31.8 Å². The summed E-state index contributed by atoms with van der Waals surface area (Å²) < 4.78 is 84.9. The number of hydrogen-bond donors (Lipinski definition) is 1. The van der Waals surface area contributed by atoms with Gasteiger partial charge < -0.3 is 20.3 Å². The van der Waals surface area contributed by atoms with Crippen LogP contribution in [-0.2, 0) is 12.4 Å². The average Bonchev–Trinajstić information content (AvgIpc) is 2.70. The van der Waals surface area contributed by atoms with Crippen LogP contribution in [0.25, 0.3) is 0 Å². The molecular weight excluding hydrogens is 442 g/mol. The van der Waals surface area contributed by atoms with Gasteiger partial charge in [0.1, 0.15) is 5.75 Å². The van der Waals surface area contributed by atoms with Crippen molar-refractivity contribution in [3.8, 4) is 5.75 Å². The van der Waals surface area contributed by atoms with Gasteiger partial charge in [0.15, 0.2) is 11.9 Å². The Hall–Kier alpha value is -2.83. The van der Waals surface area contributed by atoms with Gasteiger partial charge in [0.05, 0.1) is 11.1 Å². The number of likely N-dealkylation sites (N-methyl/N-ethyl adjacent to an activating group) is 1. The van der Waals surface area contributed by atoms with Crippen molar-refractivity contribution in [3.05, 3.63) is 35.2 Å². The van der Waals surface area contributed by atoms with Crippen molar-refractivity contribution in [2.75, 3.05) is 43.9 Å². The number of nitrogens with two attached hydrogens (primary N) is 1. The Bertz CT molecular complexity index is 943. The molecule has 0 radical (unpaired) electrons. The third-order valence-electron chi connectivity index (χ3n) is 4.99. The topological polar surface area (TPSA) is 80.4 Å². The summed E-state index contributed by atoms with van der Waals surface area (Å²) in [6, 6.07) is 1.04. The highest BCUT2D eigenvalue weighted by atomic mass is 19.4. The molecule has 2 heterocycles. The zero-order valence-electron chi connectivity index (χ0n) is 17.3. The molecule has 3 rings (SSSR count). The van der Waals surface area contributed by atoms with E-state index < -0.39 is 35.3 Å². The molecule has 176 valence electrons. The lowest BCUT2D eigenvalue weighted by molar-refractivity contribution is -0.142. The summed E-state index contributed by atoms with van der Waals surface area (Å²) >= 11 is 0. The highest BCUT2D eigenvalue weighted by Gasteiger charge is 2.38. The summed E-state index contributed by atoms with van der Waals surface area (Å²) in [5.74, 6) is -0.937. The Balaban J connectivity index is 1.96. The molecule has 0 spiro atoms. The van der Waals surface area contributed by atoms with Gasteiger partial charge in [0.25, 0.3) is 0 Å². The second-order valence-corrected chi connectivity index (χ2v) is 7.36. The molecule has 0 amide bonds. The molecule has 1 aromatic heterocycles. The molecule has 0 aliphatic carbocycles. The fourth-order valence-electron chi connectivity index (χ4n) is 3.19. The van der Waals surface area contributed by atoms with Crippen LogP contribution in [0, 0.1) is 0 Å². The average molecular weight is 464 g/mol. The molecule has 1 unspecified atom stereocenters. The standard InChI is InChI=1S/C19H22F6N6O/c1-3-13(15-27-16(26)29-17(28-15)31-8-6-30(2)7-9-31)32-14-10-11(18(20,21)22)4-5-12(14)19(23,24)25/h4-5,10,13H,3,6-9H2,1-2H3,(H2,26,27,28,29). The van der Waals surface area contributed by atoms with E-state index in [0.717, 1.165) is 13.1 Å². The molecule has 1 fully saturated rings. The van der Waals surface area contributed by atoms with E-state index in [4.69, 9.17) is 10.5 Å². The summed E-state index contributed by atoms with van der Waals surface area (Å²) in [5.41, 5.74) is 3.19. The van der Waals surface area contributed by atoms with E-state index in [0.29, 0.717) is 31.3 Å². The summed E-state index contributed by atoms with van der Waals surface area (Å²) in [6.45, 7) is 4.27. The normalized spacial score (nSPS) is 16.8. The van der Waals surface area contributed by atoms with Crippen molar-refractivity contribution in [1.29, 1.82) is 0 Å². The van der Waals surface area contributed by atoms with Gasteiger partial charge in [0.2, 0.25) is 11.9 Å². The summed E-state index contributed by atoms with van der Waals surface area (Å²) in [7, 11) is 1.96. The Kier molecular flexibility index (Phi) is 6.67. The highest BCUT2D eigenvalue weighted by Crippen LogP contribution is 2.41. The van der Waals surface area contributed by atoms with Crippen LogP contribution in [0.4, 0.5) is 38.2 Å². The molecule has 1 aliphatic heterocycles. The summed E-state index contributed by atoms with van der Waals surface area (Å²) in [4.78, 5) is 16.3. The number of benzene rings is 1. The molecule has 32 heavy (non-hydrogen) atoms. The SMILES string of the molecule is CCC(Oc1cc(C(F)(F)F)ccc1C(F)(F)F)c1nc(N)nc(N2CCN(C)CC2)n1. The van der Waals surface area contributed by atoms with Crippen LogP contribution in [0.2, 0.25) is 0 Å². The molecule has 1 atom stereocenters. The number of hydrogen-bond acceptors (Lipinski definition) is 7. The summed E-state index contributed by atoms with van der Waals surface area (Å²) in [6.07, 6.45) is -10.8. The predicted molar refractivity (Wildman–Crippen MR) is 104 cm³/mol. The maximum absolute atomic E-state index is 13.4. The van der Waals surface area contributed by atoms with Gasteiger partial charge in [-0.25, -0.2) is 0 Å². The van der Waals surface area contributed by atoms with E-state index in [2.05, 4.69) is 19.9 Å². The number of alkyl halides is 6. The van der Waals surface area contributed by atoms with Crippen molar-refractivity contribution >= 4 is 11.9 Å². The third kappa shape index (κ3) is 5.50. The first kappa shape index (κ1) is 23.8. The molecule has 2 aromatic rings. The van der Waals surface area contributed by atoms with Crippen LogP contribution >= 0.6 is 0 Å². The fourth-order valence-corrected chi connectivity index (χ4v) is 3.19. The molecule has 7 nitrogen and oxygen atoms in total. The first-order chi connectivity index (χ1) is 14.9. The van der Waals surface area contributed by atoms with Gasteiger partial charge in [-0.2, -0.15) is 41.3 Å². The molecule has 1 saturated heterocycles.